The number of hydrogen-bond acceptors (Lipinski definition) is 9. The summed E-state index contributed by atoms with van der Waals surface area (Å²) >= 11 is 0. The van der Waals surface area contributed by atoms with E-state index in [0.29, 0.717) is 19.3 Å². The molecule has 4 rings (SSSR count). The van der Waals surface area contributed by atoms with E-state index >= 15 is 0 Å². The molecule has 0 radical (unpaired) electrons. The molecule has 3 fully saturated rings. The van der Waals surface area contributed by atoms with Crippen LogP contribution in [-0.4, -0.2) is 55.6 Å². The molecule has 0 aromatic rings. The Morgan fingerprint density at radius 1 is 1.03 bits per heavy atom. The highest BCUT2D eigenvalue weighted by atomic mass is 16.7. The molecule has 0 aliphatic heterocycles. The fourth-order valence-electron chi connectivity index (χ4n) is 7.64. The van der Waals surface area contributed by atoms with Gasteiger partial charge in [0, 0.05) is 24.2 Å². The van der Waals surface area contributed by atoms with E-state index in [1.165, 1.54) is 0 Å². The first-order valence-corrected chi connectivity index (χ1v) is 12.4. The highest BCUT2D eigenvalue weighted by Gasteiger charge is 2.71. The van der Waals surface area contributed by atoms with Crippen LogP contribution in [0.25, 0.3) is 0 Å². The number of fused-ring (bicyclic) bond motifs is 5. The lowest BCUT2D eigenvalue weighted by atomic mass is 9.46. The fraction of sp³-hybridized carbons (Fsp3) is 0.731. The molecule has 0 saturated heterocycles. The predicted molar refractivity (Wildman–Crippen MR) is 121 cm³/mol. The summed E-state index contributed by atoms with van der Waals surface area (Å²) in [5.74, 6) is -0.748. The lowest BCUT2D eigenvalue weighted by Gasteiger charge is -2.57. The average molecular weight is 491 g/mol. The lowest BCUT2D eigenvalue weighted by Crippen LogP contribution is -2.62. The predicted octanol–water partition coefficient (Wildman–Crippen LogP) is 3.96. The van der Waals surface area contributed by atoms with Crippen molar-refractivity contribution in [1.29, 1.82) is 0 Å². The molecule has 0 bridgehead atoms. The van der Waals surface area contributed by atoms with Crippen LogP contribution in [0.4, 0.5) is 9.59 Å². The minimum absolute atomic E-state index is 0.00130. The molecule has 0 aromatic carbocycles. The maximum absolute atomic E-state index is 13.9. The summed E-state index contributed by atoms with van der Waals surface area (Å²) < 4.78 is 20.2. The van der Waals surface area contributed by atoms with Gasteiger partial charge in [-0.25, -0.2) is 9.59 Å². The number of methoxy groups -OCH3 is 1. The molecule has 0 aromatic heterocycles. The number of rotatable bonds is 5. The largest absolute Gasteiger partial charge is 0.509 e. The summed E-state index contributed by atoms with van der Waals surface area (Å²) in [5, 5.41) is 0. The van der Waals surface area contributed by atoms with Crippen molar-refractivity contribution in [2.75, 3.05) is 20.3 Å². The molecule has 6 atom stereocenters. The van der Waals surface area contributed by atoms with Gasteiger partial charge in [-0.2, -0.15) is 0 Å². The maximum Gasteiger partial charge on any atom is 0.509 e. The molecule has 3 saturated carbocycles. The Balaban J connectivity index is 1.70. The number of carbonyl (C=O) groups is 5. The molecule has 35 heavy (non-hydrogen) atoms. The van der Waals surface area contributed by atoms with Gasteiger partial charge in [0.1, 0.15) is 5.78 Å². The maximum atomic E-state index is 13.9. The summed E-state index contributed by atoms with van der Waals surface area (Å²) in [6.07, 6.45) is 3.12. The molecule has 0 heterocycles. The first-order valence-electron chi connectivity index (χ1n) is 12.4. The number of carbonyl (C=O) groups excluding carboxylic acids is 5. The van der Waals surface area contributed by atoms with E-state index in [9.17, 15) is 24.0 Å². The normalized spacial score (nSPS) is 37.8. The Kier molecular flexibility index (Phi) is 6.57. The standard InChI is InChI=1S/C26H34O9/c1-5-33-23(31)35-26(20(29)14-34-22(30)32-4)11-9-18-17-7-6-15-12-16(27)8-10-24(15,2)21(17)19(28)13-25(18,26)3/h12,17-18,21H,5-11,13-14H2,1-4H3/t17-,18-,21+,24-,25-,26-/m0/s1. The quantitative estimate of drug-likeness (QED) is 0.527. The minimum atomic E-state index is -1.65. The molecule has 192 valence electrons. The van der Waals surface area contributed by atoms with Crippen molar-refractivity contribution in [3.05, 3.63) is 11.6 Å². The van der Waals surface area contributed by atoms with Crippen molar-refractivity contribution in [3.63, 3.8) is 0 Å². The lowest BCUT2D eigenvalue weighted by molar-refractivity contribution is -0.175. The first-order chi connectivity index (χ1) is 16.5. The zero-order chi connectivity index (χ0) is 25.6. The van der Waals surface area contributed by atoms with Gasteiger partial charge in [-0.3, -0.25) is 14.4 Å². The van der Waals surface area contributed by atoms with Crippen LogP contribution in [0.1, 0.15) is 65.7 Å². The monoisotopic (exact) mass is 490 g/mol. The summed E-state index contributed by atoms with van der Waals surface area (Å²) in [5.41, 5.74) is -1.95. The number of ether oxygens (including phenoxy) is 4. The molecule has 0 N–H and O–H groups in total. The fourth-order valence-corrected chi connectivity index (χ4v) is 7.64. The minimum Gasteiger partial charge on any atom is -0.438 e. The Hall–Kier alpha value is -2.71. The van der Waals surface area contributed by atoms with E-state index < -0.39 is 35.7 Å². The van der Waals surface area contributed by atoms with E-state index in [2.05, 4.69) is 11.7 Å². The smallest absolute Gasteiger partial charge is 0.438 e. The second-order valence-electron chi connectivity index (χ2n) is 10.7. The molecule has 9 heteroatoms. The van der Waals surface area contributed by atoms with Gasteiger partial charge < -0.3 is 18.9 Å². The van der Waals surface area contributed by atoms with E-state index in [1.807, 2.05) is 6.92 Å². The zero-order valence-corrected chi connectivity index (χ0v) is 20.8. The van der Waals surface area contributed by atoms with Gasteiger partial charge in [-0.15, -0.1) is 0 Å². The number of ketones is 3. The van der Waals surface area contributed by atoms with Crippen molar-refractivity contribution >= 4 is 29.7 Å². The van der Waals surface area contributed by atoms with Gasteiger partial charge in [0.25, 0.3) is 0 Å². The van der Waals surface area contributed by atoms with Crippen LogP contribution >= 0.6 is 0 Å². The second kappa shape index (κ2) is 9.06. The Labute approximate surface area is 204 Å². The molecular formula is C26H34O9. The van der Waals surface area contributed by atoms with Gasteiger partial charge in [0.2, 0.25) is 5.78 Å². The van der Waals surface area contributed by atoms with Gasteiger partial charge in [0.05, 0.1) is 13.7 Å². The van der Waals surface area contributed by atoms with E-state index in [0.717, 1.165) is 25.5 Å². The van der Waals surface area contributed by atoms with Crippen molar-refractivity contribution in [3.8, 4) is 0 Å². The van der Waals surface area contributed by atoms with Crippen molar-refractivity contribution in [2.45, 2.75) is 71.3 Å². The highest BCUT2D eigenvalue weighted by Crippen LogP contribution is 2.67. The van der Waals surface area contributed by atoms with E-state index in [1.54, 1.807) is 13.0 Å². The van der Waals surface area contributed by atoms with Crippen molar-refractivity contribution in [2.24, 2.45) is 28.6 Å². The van der Waals surface area contributed by atoms with E-state index in [-0.39, 0.29) is 54.2 Å². The Bertz CT molecular complexity index is 983. The molecule has 4 aliphatic carbocycles. The van der Waals surface area contributed by atoms with Crippen LogP contribution in [0, 0.1) is 28.6 Å². The average Bonchev–Trinajstić information content (AvgIpc) is 3.09. The molecule has 0 unspecified atom stereocenters. The third-order valence-electron chi connectivity index (χ3n) is 9.23. The Morgan fingerprint density at radius 3 is 2.46 bits per heavy atom. The zero-order valence-electron chi connectivity index (χ0n) is 20.8. The van der Waals surface area contributed by atoms with Crippen LogP contribution < -0.4 is 0 Å². The van der Waals surface area contributed by atoms with Crippen LogP contribution in [0.5, 0.6) is 0 Å². The van der Waals surface area contributed by atoms with Crippen LogP contribution in [0.3, 0.4) is 0 Å². The third kappa shape index (κ3) is 3.87. The topological polar surface area (TPSA) is 122 Å². The highest BCUT2D eigenvalue weighted by molar-refractivity contribution is 5.95. The Morgan fingerprint density at radius 2 is 1.77 bits per heavy atom. The van der Waals surface area contributed by atoms with Crippen LogP contribution in [0.15, 0.2) is 11.6 Å². The number of Topliss-reactive ketones (excluding diaryl/α,β-unsaturated/α-hetero) is 2. The van der Waals surface area contributed by atoms with Gasteiger partial charge in [-0.05, 0) is 62.4 Å². The van der Waals surface area contributed by atoms with Crippen LogP contribution in [0.2, 0.25) is 0 Å². The van der Waals surface area contributed by atoms with Crippen molar-refractivity contribution in [1.82, 2.24) is 0 Å². The molecular weight excluding hydrogens is 456 g/mol. The first kappa shape index (κ1) is 25.4. The molecule has 0 spiro atoms. The summed E-state index contributed by atoms with van der Waals surface area (Å²) in [6, 6.07) is 0. The van der Waals surface area contributed by atoms with Gasteiger partial charge in [0.15, 0.2) is 18.0 Å². The number of hydrogen-bond donors (Lipinski definition) is 0. The van der Waals surface area contributed by atoms with Gasteiger partial charge >= 0.3 is 12.3 Å². The van der Waals surface area contributed by atoms with Crippen molar-refractivity contribution < 1.29 is 42.9 Å². The van der Waals surface area contributed by atoms with E-state index in [4.69, 9.17) is 14.2 Å². The molecule has 9 nitrogen and oxygen atoms in total. The van der Waals surface area contributed by atoms with Crippen LogP contribution in [-0.2, 0) is 33.3 Å². The molecule has 0 amide bonds. The SMILES string of the molecule is CCOC(=O)O[C@]1(C(=O)COC(=O)OC)CC[C@H]2[C@@H]3CCC4=CC(=O)CC[C@]4(C)[C@H]3C(=O)C[C@@]21C. The summed E-state index contributed by atoms with van der Waals surface area (Å²) in [6.45, 7) is 5.00. The summed E-state index contributed by atoms with van der Waals surface area (Å²) in [7, 11) is 1.13. The van der Waals surface area contributed by atoms with Gasteiger partial charge in [-0.1, -0.05) is 19.4 Å². The second-order valence-corrected chi connectivity index (χ2v) is 10.7. The molecule has 4 aliphatic rings. The number of allylic oxidation sites excluding steroid dienone is 1. The third-order valence-corrected chi connectivity index (χ3v) is 9.23. The summed E-state index contributed by atoms with van der Waals surface area (Å²) in [4.78, 5) is 63.5.